The second-order valence-electron chi connectivity index (χ2n) is 9.66. The topological polar surface area (TPSA) is 30.7 Å². The Hall–Kier alpha value is -4.73. The van der Waals surface area contributed by atoms with Gasteiger partial charge in [0.2, 0.25) is 0 Å². The number of halogens is 1. The van der Waals surface area contributed by atoms with Gasteiger partial charge < -0.3 is 0 Å². The Morgan fingerprint density at radius 3 is 1.69 bits per heavy atom. The maximum atomic E-state index is 6.50. The molecule has 0 N–H and O–H groups in total. The van der Waals surface area contributed by atoms with Crippen LogP contribution in [0.5, 0.6) is 0 Å². The highest BCUT2D eigenvalue weighted by Crippen LogP contribution is 2.44. The average molecular weight is 522 g/mol. The number of hydrogen-bond acceptors (Lipinski definition) is 2. The quantitative estimate of drug-likeness (QED) is 0.167. The van der Waals surface area contributed by atoms with Gasteiger partial charge >= 0.3 is 0 Å². The van der Waals surface area contributed by atoms with Gasteiger partial charge in [0.05, 0.1) is 11.7 Å². The lowest BCUT2D eigenvalue weighted by Crippen LogP contribution is -2.38. The van der Waals surface area contributed by atoms with Crippen LogP contribution in [0.2, 0.25) is 5.15 Å². The first-order valence-electron chi connectivity index (χ1n) is 13.0. The minimum atomic E-state index is -0.757. The molecule has 0 saturated carbocycles. The second kappa shape index (κ2) is 9.54. The van der Waals surface area contributed by atoms with Crippen LogP contribution in [0.3, 0.4) is 0 Å². The van der Waals surface area contributed by atoms with Crippen molar-refractivity contribution in [2.75, 3.05) is 0 Å². The highest BCUT2D eigenvalue weighted by molar-refractivity contribution is 6.30. The molecule has 4 heteroatoms. The Morgan fingerprint density at radius 2 is 1.10 bits per heavy atom. The lowest BCUT2D eigenvalue weighted by atomic mass is 9.77. The molecule has 5 aromatic carbocycles. The Labute approximate surface area is 232 Å². The predicted molar refractivity (Wildman–Crippen MR) is 160 cm³/mol. The summed E-state index contributed by atoms with van der Waals surface area (Å²) in [7, 11) is 0. The Balaban J connectivity index is 1.62. The van der Waals surface area contributed by atoms with E-state index in [0.29, 0.717) is 5.15 Å². The number of pyridine rings is 1. The summed E-state index contributed by atoms with van der Waals surface area (Å²) in [6, 6.07) is 48.5. The van der Waals surface area contributed by atoms with E-state index in [1.807, 2.05) is 30.5 Å². The summed E-state index contributed by atoms with van der Waals surface area (Å²) in [6.45, 7) is 0. The van der Waals surface area contributed by atoms with Crippen molar-refractivity contribution in [1.82, 2.24) is 14.8 Å². The van der Waals surface area contributed by atoms with Gasteiger partial charge in [0.15, 0.2) is 0 Å². The van der Waals surface area contributed by atoms with Crippen molar-refractivity contribution in [2.45, 2.75) is 5.54 Å². The molecule has 2 aromatic heterocycles. The molecule has 0 atom stereocenters. The minimum Gasteiger partial charge on any atom is -0.243 e. The van der Waals surface area contributed by atoms with Crippen LogP contribution in [0.1, 0.15) is 16.7 Å². The maximum absolute atomic E-state index is 6.50. The molecule has 0 aliphatic rings. The van der Waals surface area contributed by atoms with Gasteiger partial charge in [-0.25, -0.2) is 9.67 Å². The highest BCUT2D eigenvalue weighted by Gasteiger charge is 2.41. The van der Waals surface area contributed by atoms with Crippen LogP contribution < -0.4 is 0 Å². The molecule has 0 fully saturated rings. The van der Waals surface area contributed by atoms with Crippen LogP contribution >= 0.6 is 11.6 Å². The fourth-order valence-corrected chi connectivity index (χ4v) is 5.86. The van der Waals surface area contributed by atoms with E-state index in [9.17, 15) is 0 Å². The van der Waals surface area contributed by atoms with Crippen LogP contribution in [0.15, 0.2) is 146 Å². The average Bonchev–Trinajstić information content (AvgIpc) is 3.38. The van der Waals surface area contributed by atoms with E-state index >= 15 is 0 Å². The summed E-state index contributed by atoms with van der Waals surface area (Å²) in [4.78, 5) is 4.52. The first-order valence-corrected chi connectivity index (χ1v) is 13.3. The van der Waals surface area contributed by atoms with E-state index in [0.717, 1.165) is 38.9 Å². The number of aromatic nitrogens is 3. The summed E-state index contributed by atoms with van der Waals surface area (Å²) in [5.41, 5.74) is 5.35. The first kappa shape index (κ1) is 23.4. The highest BCUT2D eigenvalue weighted by atomic mass is 35.5. The third-order valence-electron chi connectivity index (χ3n) is 7.45. The van der Waals surface area contributed by atoms with E-state index in [-0.39, 0.29) is 0 Å². The first-order chi connectivity index (χ1) is 19.2. The van der Waals surface area contributed by atoms with Gasteiger partial charge in [0, 0.05) is 10.9 Å². The molecular formula is C35H24ClN3. The van der Waals surface area contributed by atoms with Gasteiger partial charge in [-0.15, -0.1) is 0 Å². The second-order valence-corrected chi connectivity index (χ2v) is 10.0. The number of hydrogen-bond donors (Lipinski definition) is 0. The third-order valence-corrected chi connectivity index (χ3v) is 7.65. The molecule has 3 nitrogen and oxygen atoms in total. The summed E-state index contributed by atoms with van der Waals surface area (Å²) in [5.74, 6) is 0. The fourth-order valence-electron chi connectivity index (χ4n) is 5.70. The Bertz CT molecular complexity index is 1820. The predicted octanol–water partition coefficient (Wildman–Crippen LogP) is 8.75. The zero-order valence-corrected chi connectivity index (χ0v) is 21.8. The zero-order valence-electron chi connectivity index (χ0n) is 21.1. The monoisotopic (exact) mass is 521 g/mol. The lowest BCUT2D eigenvalue weighted by molar-refractivity contribution is 0.477. The van der Waals surface area contributed by atoms with Crippen LogP contribution in [-0.4, -0.2) is 14.8 Å². The van der Waals surface area contributed by atoms with Gasteiger partial charge in [0.25, 0.3) is 0 Å². The molecule has 0 saturated heterocycles. The van der Waals surface area contributed by atoms with Crippen LogP contribution in [0, 0.1) is 0 Å². The van der Waals surface area contributed by atoms with Crippen molar-refractivity contribution in [2.24, 2.45) is 0 Å². The molecule has 0 aliphatic carbocycles. The SMILES string of the molecule is Clc1cc2c(-c3ccc4ccccc4c3)nn(C(c3ccccc3)(c3ccccc3)c3ccccc3)c2cn1. The smallest absolute Gasteiger partial charge is 0.138 e. The van der Waals surface area contributed by atoms with E-state index < -0.39 is 5.54 Å². The van der Waals surface area contributed by atoms with Gasteiger partial charge in [-0.05, 0) is 39.6 Å². The number of nitrogens with zero attached hydrogens (tertiary/aromatic N) is 3. The molecule has 7 rings (SSSR count). The Morgan fingerprint density at radius 1 is 0.564 bits per heavy atom. The van der Waals surface area contributed by atoms with E-state index in [2.05, 4.69) is 125 Å². The molecule has 7 aromatic rings. The molecule has 0 spiro atoms. The van der Waals surface area contributed by atoms with Gasteiger partial charge in [-0.2, -0.15) is 5.10 Å². The lowest BCUT2D eigenvalue weighted by Gasteiger charge is -2.37. The molecule has 186 valence electrons. The van der Waals surface area contributed by atoms with Gasteiger partial charge in [0.1, 0.15) is 16.4 Å². The standard InChI is InChI=1S/C35H24ClN3/c36-33-23-31-32(24-37-33)39(38-34(31)27-21-20-25-12-10-11-13-26(25)22-27)35(28-14-4-1-5-15-28,29-16-6-2-7-17-29)30-18-8-3-9-19-30/h1-24H. The largest absolute Gasteiger partial charge is 0.243 e. The van der Waals surface area contributed by atoms with E-state index in [1.165, 1.54) is 10.8 Å². The zero-order chi connectivity index (χ0) is 26.2. The van der Waals surface area contributed by atoms with E-state index in [1.54, 1.807) is 0 Å². The number of rotatable bonds is 5. The summed E-state index contributed by atoms with van der Waals surface area (Å²) in [6.07, 6.45) is 1.85. The number of fused-ring (bicyclic) bond motifs is 2. The van der Waals surface area contributed by atoms with Crippen molar-refractivity contribution in [3.05, 3.63) is 168 Å². The molecule has 0 unspecified atom stereocenters. The van der Waals surface area contributed by atoms with Crippen molar-refractivity contribution < 1.29 is 0 Å². The minimum absolute atomic E-state index is 0.439. The molecule has 39 heavy (non-hydrogen) atoms. The summed E-state index contributed by atoms with van der Waals surface area (Å²) >= 11 is 6.50. The van der Waals surface area contributed by atoms with Crippen molar-refractivity contribution in [3.8, 4) is 11.3 Å². The third kappa shape index (κ3) is 3.82. The van der Waals surface area contributed by atoms with Crippen LogP contribution in [0.4, 0.5) is 0 Å². The summed E-state index contributed by atoms with van der Waals surface area (Å²) < 4.78 is 2.14. The van der Waals surface area contributed by atoms with Gasteiger partial charge in [-0.3, -0.25) is 0 Å². The maximum Gasteiger partial charge on any atom is 0.138 e. The van der Waals surface area contributed by atoms with Crippen molar-refractivity contribution >= 4 is 33.3 Å². The molecule has 0 bridgehead atoms. The molecular weight excluding hydrogens is 498 g/mol. The molecule has 0 radical (unpaired) electrons. The van der Waals surface area contributed by atoms with Crippen molar-refractivity contribution in [3.63, 3.8) is 0 Å². The molecule has 0 aliphatic heterocycles. The van der Waals surface area contributed by atoms with Crippen molar-refractivity contribution in [1.29, 1.82) is 0 Å². The Kier molecular flexibility index (Phi) is 5.72. The van der Waals surface area contributed by atoms with Gasteiger partial charge in [-0.1, -0.05) is 139 Å². The number of benzene rings is 5. The van der Waals surface area contributed by atoms with Crippen LogP contribution in [0.25, 0.3) is 32.9 Å². The van der Waals surface area contributed by atoms with E-state index in [4.69, 9.17) is 16.7 Å². The summed E-state index contributed by atoms with van der Waals surface area (Å²) in [5, 5.41) is 9.18. The molecule has 0 amide bonds. The normalized spacial score (nSPS) is 11.7. The molecule has 2 heterocycles. The van der Waals surface area contributed by atoms with Crippen LogP contribution in [-0.2, 0) is 5.54 Å². The fraction of sp³-hybridized carbons (Fsp3) is 0.0286.